The van der Waals surface area contributed by atoms with Gasteiger partial charge in [0, 0.05) is 18.2 Å². The maximum Gasteiger partial charge on any atom is 0.328 e. The number of aryl methyl sites for hydroxylation is 1. The lowest BCUT2D eigenvalue weighted by molar-refractivity contribution is -0.384. The van der Waals surface area contributed by atoms with Crippen LogP contribution in [0.25, 0.3) is 6.08 Å². The van der Waals surface area contributed by atoms with Crippen molar-refractivity contribution in [3.8, 4) is 0 Å². The van der Waals surface area contributed by atoms with Crippen LogP contribution in [0.5, 0.6) is 0 Å². The predicted molar refractivity (Wildman–Crippen MR) is 59.1 cm³/mol. The summed E-state index contributed by atoms with van der Waals surface area (Å²) in [6, 6.07) is 4.37. The molecular formula is C11H11NO4. The fourth-order valence-electron chi connectivity index (χ4n) is 1.34. The minimum Gasteiger partial charge on any atom is -0.478 e. The van der Waals surface area contributed by atoms with Gasteiger partial charge in [0.2, 0.25) is 0 Å². The van der Waals surface area contributed by atoms with Gasteiger partial charge in [-0.3, -0.25) is 10.1 Å². The third kappa shape index (κ3) is 2.91. The third-order valence-corrected chi connectivity index (χ3v) is 2.12. The molecule has 5 nitrogen and oxygen atoms in total. The van der Waals surface area contributed by atoms with E-state index in [1.807, 2.05) is 6.92 Å². The number of non-ortho nitro benzene ring substituents is 1. The second-order valence-corrected chi connectivity index (χ2v) is 3.17. The lowest BCUT2D eigenvalue weighted by Crippen LogP contribution is -1.93. The van der Waals surface area contributed by atoms with Gasteiger partial charge in [-0.15, -0.1) is 0 Å². The Kier molecular flexibility index (Phi) is 3.77. The van der Waals surface area contributed by atoms with Crippen molar-refractivity contribution in [1.29, 1.82) is 0 Å². The molecule has 1 aromatic carbocycles. The zero-order chi connectivity index (χ0) is 12.1. The van der Waals surface area contributed by atoms with E-state index in [-0.39, 0.29) is 5.69 Å². The van der Waals surface area contributed by atoms with E-state index in [1.54, 1.807) is 6.07 Å². The number of nitrogens with zero attached hydrogens (tertiary/aromatic N) is 1. The van der Waals surface area contributed by atoms with Gasteiger partial charge in [-0.25, -0.2) is 4.79 Å². The highest BCUT2D eigenvalue weighted by molar-refractivity contribution is 5.85. The van der Waals surface area contributed by atoms with Crippen LogP contribution < -0.4 is 0 Å². The van der Waals surface area contributed by atoms with E-state index < -0.39 is 10.9 Å². The van der Waals surface area contributed by atoms with Crippen molar-refractivity contribution in [1.82, 2.24) is 0 Å². The molecule has 0 spiro atoms. The first-order valence-corrected chi connectivity index (χ1v) is 4.73. The summed E-state index contributed by atoms with van der Waals surface area (Å²) in [4.78, 5) is 20.4. The maximum atomic E-state index is 10.5. The van der Waals surface area contributed by atoms with Crippen LogP contribution >= 0.6 is 0 Å². The molecule has 0 radical (unpaired) electrons. The number of rotatable bonds is 4. The molecular weight excluding hydrogens is 210 g/mol. The monoisotopic (exact) mass is 221 g/mol. The SMILES string of the molecule is CCc1cc([N+](=O)[O-])ccc1/C=C/C(=O)O. The van der Waals surface area contributed by atoms with Crippen LogP contribution in [0.2, 0.25) is 0 Å². The summed E-state index contributed by atoms with van der Waals surface area (Å²) in [5.74, 6) is -1.04. The van der Waals surface area contributed by atoms with Crippen molar-refractivity contribution >= 4 is 17.7 Å². The predicted octanol–water partition coefficient (Wildman–Crippen LogP) is 2.25. The van der Waals surface area contributed by atoms with E-state index in [4.69, 9.17) is 5.11 Å². The molecule has 1 N–H and O–H groups in total. The van der Waals surface area contributed by atoms with Gasteiger partial charge < -0.3 is 5.11 Å². The topological polar surface area (TPSA) is 80.4 Å². The zero-order valence-electron chi connectivity index (χ0n) is 8.71. The molecule has 1 aromatic rings. The largest absolute Gasteiger partial charge is 0.478 e. The molecule has 0 aliphatic heterocycles. The molecule has 1 rings (SSSR count). The molecule has 0 aliphatic carbocycles. The van der Waals surface area contributed by atoms with Crippen LogP contribution in [0.1, 0.15) is 18.1 Å². The number of nitro benzene ring substituents is 1. The van der Waals surface area contributed by atoms with Crippen molar-refractivity contribution in [2.24, 2.45) is 0 Å². The molecule has 0 bridgehead atoms. The van der Waals surface area contributed by atoms with E-state index >= 15 is 0 Å². The summed E-state index contributed by atoms with van der Waals surface area (Å²) in [6.45, 7) is 1.86. The lowest BCUT2D eigenvalue weighted by atomic mass is 10.0. The lowest BCUT2D eigenvalue weighted by Gasteiger charge is -2.02. The third-order valence-electron chi connectivity index (χ3n) is 2.12. The first-order valence-electron chi connectivity index (χ1n) is 4.73. The van der Waals surface area contributed by atoms with Gasteiger partial charge in [-0.2, -0.15) is 0 Å². The number of hydrogen-bond donors (Lipinski definition) is 1. The highest BCUT2D eigenvalue weighted by Crippen LogP contribution is 2.19. The molecule has 84 valence electrons. The molecule has 5 heteroatoms. The fourth-order valence-corrected chi connectivity index (χ4v) is 1.34. The molecule has 0 aliphatic rings. The summed E-state index contributed by atoms with van der Waals surface area (Å²) >= 11 is 0. The smallest absolute Gasteiger partial charge is 0.328 e. The Balaban J connectivity index is 3.11. The Labute approximate surface area is 92.2 Å². The van der Waals surface area contributed by atoms with Gasteiger partial charge in [0.1, 0.15) is 0 Å². The summed E-state index contributed by atoms with van der Waals surface area (Å²) in [5, 5.41) is 19.0. The van der Waals surface area contributed by atoms with E-state index in [0.717, 1.165) is 11.6 Å². The van der Waals surface area contributed by atoms with E-state index in [1.165, 1.54) is 18.2 Å². The van der Waals surface area contributed by atoms with E-state index in [9.17, 15) is 14.9 Å². The van der Waals surface area contributed by atoms with Gasteiger partial charge in [0.25, 0.3) is 5.69 Å². The number of nitro groups is 1. The van der Waals surface area contributed by atoms with E-state index in [2.05, 4.69) is 0 Å². The normalized spacial score (nSPS) is 10.6. The Bertz CT molecular complexity index is 451. The van der Waals surface area contributed by atoms with Crippen molar-refractivity contribution in [2.45, 2.75) is 13.3 Å². The minimum atomic E-state index is -1.04. The fraction of sp³-hybridized carbons (Fsp3) is 0.182. The van der Waals surface area contributed by atoms with Gasteiger partial charge in [-0.1, -0.05) is 6.92 Å². The number of benzene rings is 1. The van der Waals surface area contributed by atoms with Crippen molar-refractivity contribution in [2.75, 3.05) is 0 Å². The second kappa shape index (κ2) is 5.06. The van der Waals surface area contributed by atoms with Crippen LogP contribution in [0, 0.1) is 10.1 Å². The number of carbonyl (C=O) groups is 1. The first kappa shape index (κ1) is 11.9. The molecule has 0 fully saturated rings. The average Bonchev–Trinajstić information content (AvgIpc) is 2.25. The molecule has 0 heterocycles. The number of carboxylic acids is 1. The summed E-state index contributed by atoms with van der Waals surface area (Å²) in [5.41, 5.74) is 1.46. The minimum absolute atomic E-state index is 0.0179. The Morgan fingerprint density at radius 2 is 2.25 bits per heavy atom. The Morgan fingerprint density at radius 3 is 2.75 bits per heavy atom. The van der Waals surface area contributed by atoms with Crippen molar-refractivity contribution < 1.29 is 14.8 Å². The summed E-state index contributed by atoms with van der Waals surface area (Å²) in [6.07, 6.45) is 3.06. The zero-order valence-corrected chi connectivity index (χ0v) is 8.71. The van der Waals surface area contributed by atoms with E-state index in [0.29, 0.717) is 12.0 Å². The first-order chi connectivity index (χ1) is 7.54. The molecule has 0 saturated carbocycles. The van der Waals surface area contributed by atoms with Gasteiger partial charge >= 0.3 is 5.97 Å². The highest BCUT2D eigenvalue weighted by Gasteiger charge is 2.08. The Hall–Kier alpha value is -2.17. The molecule has 0 unspecified atom stereocenters. The molecule has 0 aromatic heterocycles. The van der Waals surface area contributed by atoms with Gasteiger partial charge in [-0.05, 0) is 29.7 Å². The van der Waals surface area contributed by atoms with Crippen LogP contribution in [0.4, 0.5) is 5.69 Å². The van der Waals surface area contributed by atoms with Gasteiger partial charge in [0.15, 0.2) is 0 Å². The van der Waals surface area contributed by atoms with Gasteiger partial charge in [0.05, 0.1) is 4.92 Å². The number of aliphatic carboxylic acids is 1. The molecule has 16 heavy (non-hydrogen) atoms. The summed E-state index contributed by atoms with van der Waals surface area (Å²) in [7, 11) is 0. The molecule has 0 amide bonds. The van der Waals surface area contributed by atoms with Crippen LogP contribution in [-0.4, -0.2) is 16.0 Å². The van der Waals surface area contributed by atoms with Crippen molar-refractivity contribution in [3.05, 3.63) is 45.5 Å². The number of hydrogen-bond acceptors (Lipinski definition) is 3. The number of carboxylic acid groups (broad SMARTS) is 1. The standard InChI is InChI=1S/C11H11NO4/c1-2-8-7-10(12(15)16)5-3-9(8)4-6-11(13)14/h3-7H,2H2,1H3,(H,13,14)/b6-4+. The average molecular weight is 221 g/mol. The van der Waals surface area contributed by atoms with Crippen LogP contribution in [0.15, 0.2) is 24.3 Å². The van der Waals surface area contributed by atoms with Crippen molar-refractivity contribution in [3.63, 3.8) is 0 Å². The maximum absolute atomic E-state index is 10.5. The quantitative estimate of drug-likeness (QED) is 0.480. The highest BCUT2D eigenvalue weighted by atomic mass is 16.6. The molecule has 0 atom stereocenters. The second-order valence-electron chi connectivity index (χ2n) is 3.17. The van der Waals surface area contributed by atoms with Crippen LogP contribution in [0.3, 0.4) is 0 Å². The van der Waals surface area contributed by atoms with Crippen LogP contribution in [-0.2, 0) is 11.2 Å². The molecule has 0 saturated heterocycles. The summed E-state index contributed by atoms with van der Waals surface area (Å²) < 4.78 is 0. The Morgan fingerprint density at radius 1 is 1.56 bits per heavy atom.